The van der Waals surface area contributed by atoms with E-state index in [2.05, 4.69) is 62.5 Å². The van der Waals surface area contributed by atoms with Gasteiger partial charge >= 0.3 is 13.8 Å². The summed E-state index contributed by atoms with van der Waals surface area (Å²) in [6, 6.07) is 0. The average Bonchev–Trinajstić information content (AvgIpc) is 3.12. The Balaban J connectivity index is 4.44. The Morgan fingerprint density at radius 1 is 0.593 bits per heavy atom. The topological polar surface area (TPSA) is 99.1 Å². The summed E-state index contributed by atoms with van der Waals surface area (Å²) in [5, 5.41) is 0. The van der Waals surface area contributed by atoms with Gasteiger partial charge in [-0.2, -0.15) is 0 Å². The van der Waals surface area contributed by atoms with E-state index in [9.17, 15) is 19.0 Å². The zero-order chi connectivity index (χ0) is 40.0. The quantitative estimate of drug-likeness (QED) is 0.0218. The van der Waals surface area contributed by atoms with Gasteiger partial charge in [0.15, 0.2) is 0 Å². The van der Waals surface area contributed by atoms with Gasteiger partial charge in [-0.3, -0.25) is 18.6 Å². The second-order valence-electron chi connectivity index (χ2n) is 15.9. The van der Waals surface area contributed by atoms with E-state index in [4.69, 9.17) is 13.8 Å². The lowest BCUT2D eigenvalue weighted by molar-refractivity contribution is -0.870. The zero-order valence-corrected chi connectivity index (χ0v) is 36.4. The van der Waals surface area contributed by atoms with Gasteiger partial charge in [-0.05, 0) is 77.0 Å². The van der Waals surface area contributed by atoms with Gasteiger partial charge in [0.05, 0.1) is 34.4 Å². The molecule has 0 aliphatic carbocycles. The second-order valence-corrected chi connectivity index (χ2v) is 17.3. The molecule has 0 aliphatic rings. The van der Waals surface area contributed by atoms with Crippen molar-refractivity contribution in [2.45, 2.75) is 174 Å². The molecule has 2 atom stereocenters. The van der Waals surface area contributed by atoms with Crippen molar-refractivity contribution in [3.8, 4) is 0 Å². The molecule has 0 aromatic rings. The third-order valence-corrected chi connectivity index (χ3v) is 10.2. The van der Waals surface area contributed by atoms with Crippen molar-refractivity contribution < 1.29 is 37.3 Å². The van der Waals surface area contributed by atoms with Gasteiger partial charge in [0.1, 0.15) is 18.9 Å². The number of Topliss-reactive ketones (excluding diaryl/α,β-unsaturated/α-hetero) is 1. The highest BCUT2D eigenvalue weighted by atomic mass is 31.2. The van der Waals surface area contributed by atoms with Crippen LogP contribution in [0, 0.1) is 5.92 Å². The highest BCUT2D eigenvalue weighted by Crippen LogP contribution is 2.43. The minimum absolute atomic E-state index is 0.0219. The van der Waals surface area contributed by atoms with Gasteiger partial charge in [-0.25, -0.2) is 4.57 Å². The largest absolute Gasteiger partial charge is 0.472 e. The monoisotopic (exact) mass is 781 g/mol. The number of rotatable bonds is 39. The van der Waals surface area contributed by atoms with E-state index in [1.807, 2.05) is 21.1 Å². The summed E-state index contributed by atoms with van der Waals surface area (Å²) in [7, 11) is 1.59. The molecule has 0 bridgehead atoms. The van der Waals surface area contributed by atoms with E-state index in [0.717, 1.165) is 89.9 Å². The first-order valence-electron chi connectivity index (χ1n) is 21.7. The predicted molar refractivity (Wildman–Crippen MR) is 227 cm³/mol. The molecule has 0 rings (SSSR count). The van der Waals surface area contributed by atoms with Gasteiger partial charge in [-0.15, -0.1) is 0 Å². The molecule has 314 valence electrons. The van der Waals surface area contributed by atoms with Crippen LogP contribution in [0.5, 0.6) is 0 Å². The number of carbonyl (C=O) groups excluding carboxylic acids is 2. The normalized spacial score (nSPS) is 14.2. The minimum Gasteiger partial charge on any atom is -0.465 e. The van der Waals surface area contributed by atoms with Crippen LogP contribution in [0.3, 0.4) is 0 Å². The van der Waals surface area contributed by atoms with E-state index in [-0.39, 0.29) is 38.0 Å². The Labute approximate surface area is 332 Å². The fourth-order valence-corrected chi connectivity index (χ4v) is 6.54. The third-order valence-electron chi connectivity index (χ3n) is 9.22. The first-order chi connectivity index (χ1) is 26.0. The number of unbranched alkanes of at least 4 members (excludes halogenated alkanes) is 16. The Morgan fingerprint density at radius 3 is 1.52 bits per heavy atom. The number of quaternary nitrogens is 1. The van der Waals surface area contributed by atoms with Crippen LogP contribution in [-0.2, 0) is 27.9 Å². The number of hydrogen-bond donors (Lipinski definition) is 1. The number of phosphoric acid groups is 1. The van der Waals surface area contributed by atoms with Gasteiger partial charge < -0.3 is 14.1 Å². The number of hydrogen-bond acceptors (Lipinski definition) is 6. The molecule has 54 heavy (non-hydrogen) atoms. The third kappa shape index (κ3) is 39.9. The molecule has 8 nitrogen and oxygen atoms in total. The number of allylic oxidation sites excluding steroid dienone is 8. The van der Waals surface area contributed by atoms with Gasteiger partial charge in [0.2, 0.25) is 0 Å². The van der Waals surface area contributed by atoms with Gasteiger partial charge in [-0.1, -0.05) is 127 Å². The van der Waals surface area contributed by atoms with Gasteiger partial charge in [0, 0.05) is 25.2 Å². The molecule has 0 spiro atoms. The van der Waals surface area contributed by atoms with Crippen molar-refractivity contribution in [2.24, 2.45) is 5.92 Å². The number of likely N-dealkylation sites (N-methyl/N-ethyl adjacent to an activating group) is 1. The van der Waals surface area contributed by atoms with Crippen LogP contribution in [0.2, 0.25) is 0 Å². The lowest BCUT2D eigenvalue weighted by Crippen LogP contribution is -2.37. The SMILES string of the molecule is CCCCC/C=C/C/C=C/CCCCCCCC(=O)CC(COC(=O)CCCCCCC/C=C/C/C=C/CCCCC)COP(=O)(O)OCC[N+](C)(C)C. The Hall–Kier alpha value is -1.83. The lowest BCUT2D eigenvalue weighted by Gasteiger charge is -2.24. The average molecular weight is 781 g/mol. The molecule has 0 saturated heterocycles. The first kappa shape index (κ1) is 52.2. The number of carbonyl (C=O) groups is 2. The molecule has 1 N–H and O–H groups in total. The number of ether oxygens (including phenoxy) is 1. The highest BCUT2D eigenvalue weighted by Gasteiger charge is 2.26. The van der Waals surface area contributed by atoms with Crippen molar-refractivity contribution in [1.82, 2.24) is 0 Å². The summed E-state index contributed by atoms with van der Waals surface area (Å²) in [6.07, 6.45) is 43.6. The Kier molecular flexibility index (Phi) is 35.5. The van der Waals surface area contributed by atoms with Crippen molar-refractivity contribution in [1.29, 1.82) is 0 Å². The van der Waals surface area contributed by atoms with Crippen molar-refractivity contribution in [2.75, 3.05) is 47.5 Å². The van der Waals surface area contributed by atoms with Crippen LogP contribution in [0.4, 0.5) is 0 Å². The molecule has 0 aromatic heterocycles. The fraction of sp³-hybridized carbons (Fsp3) is 0.778. The maximum Gasteiger partial charge on any atom is 0.472 e. The molecule has 0 fully saturated rings. The summed E-state index contributed by atoms with van der Waals surface area (Å²) >= 11 is 0. The first-order valence-corrected chi connectivity index (χ1v) is 23.2. The molecule has 9 heteroatoms. The number of phosphoric ester groups is 1. The Bertz CT molecular complexity index is 1060. The van der Waals surface area contributed by atoms with E-state index in [0.29, 0.717) is 23.9 Å². The van der Waals surface area contributed by atoms with Gasteiger partial charge in [0.25, 0.3) is 0 Å². The molecule has 0 amide bonds. The summed E-state index contributed by atoms with van der Waals surface area (Å²) in [6.45, 7) is 4.85. The van der Waals surface area contributed by atoms with Crippen LogP contribution in [-0.4, -0.2) is 68.6 Å². The molecule has 0 aliphatic heterocycles. The standard InChI is InChI=1S/C45H82NO7P/c1-6-8-10-12-14-16-18-20-22-24-26-28-30-32-34-36-44(47)40-43(42-53-54(49,50)52-39-38-46(3,4)5)41-51-45(48)37-35-33-31-29-27-25-23-21-19-17-15-13-11-9-7-2/h14-17,20-23,43H,6-13,18-19,24-42H2,1-5H3/p+1/b16-14+,17-15+,22-20+,23-21+. The van der Waals surface area contributed by atoms with E-state index in [1.165, 1.54) is 51.4 Å². The molecule has 0 heterocycles. The number of esters is 1. The zero-order valence-electron chi connectivity index (χ0n) is 35.5. The maximum absolute atomic E-state index is 12.9. The predicted octanol–water partition coefficient (Wildman–Crippen LogP) is 12.6. The molecule has 0 aromatic carbocycles. The van der Waals surface area contributed by atoms with Crippen molar-refractivity contribution in [3.05, 3.63) is 48.6 Å². The number of nitrogens with zero attached hydrogens (tertiary/aromatic N) is 1. The smallest absolute Gasteiger partial charge is 0.465 e. The highest BCUT2D eigenvalue weighted by molar-refractivity contribution is 7.47. The van der Waals surface area contributed by atoms with Crippen LogP contribution in [0.15, 0.2) is 48.6 Å². The lowest BCUT2D eigenvalue weighted by atomic mass is 10.00. The van der Waals surface area contributed by atoms with Crippen LogP contribution >= 0.6 is 7.82 Å². The Morgan fingerprint density at radius 2 is 1.04 bits per heavy atom. The van der Waals surface area contributed by atoms with Crippen LogP contribution in [0.25, 0.3) is 0 Å². The van der Waals surface area contributed by atoms with E-state index in [1.54, 1.807) is 0 Å². The minimum atomic E-state index is -4.30. The molecular formula is C45H83NO7P+. The summed E-state index contributed by atoms with van der Waals surface area (Å²) < 4.78 is 29.1. The van der Waals surface area contributed by atoms with E-state index < -0.39 is 13.7 Å². The molecule has 0 radical (unpaired) electrons. The summed E-state index contributed by atoms with van der Waals surface area (Å²) in [4.78, 5) is 35.6. The van der Waals surface area contributed by atoms with Crippen LogP contribution in [0.1, 0.15) is 174 Å². The summed E-state index contributed by atoms with van der Waals surface area (Å²) in [5.74, 6) is -0.762. The maximum atomic E-state index is 12.9. The molecule has 0 saturated carbocycles. The van der Waals surface area contributed by atoms with Crippen molar-refractivity contribution >= 4 is 19.6 Å². The van der Waals surface area contributed by atoms with Crippen molar-refractivity contribution in [3.63, 3.8) is 0 Å². The van der Waals surface area contributed by atoms with E-state index >= 15 is 0 Å². The van der Waals surface area contributed by atoms with Crippen LogP contribution < -0.4 is 0 Å². The summed E-state index contributed by atoms with van der Waals surface area (Å²) in [5.41, 5.74) is 0. The molecule has 2 unspecified atom stereocenters. The fourth-order valence-electron chi connectivity index (χ4n) is 5.75. The number of ketones is 1. The second kappa shape index (κ2) is 36.8. The molecular weight excluding hydrogens is 697 g/mol.